The van der Waals surface area contributed by atoms with E-state index in [0.717, 1.165) is 16.1 Å². The molecule has 0 saturated carbocycles. The molecule has 2 aromatic carbocycles. The van der Waals surface area contributed by atoms with Gasteiger partial charge in [-0.3, -0.25) is 9.69 Å². The summed E-state index contributed by atoms with van der Waals surface area (Å²) in [7, 11) is 3.13. The average molecular weight is 521 g/mol. The van der Waals surface area contributed by atoms with E-state index >= 15 is 0 Å². The van der Waals surface area contributed by atoms with E-state index in [0.29, 0.717) is 60.6 Å². The zero-order valence-corrected chi connectivity index (χ0v) is 21.7. The molecule has 5 rings (SSSR count). The van der Waals surface area contributed by atoms with Gasteiger partial charge < -0.3 is 19.7 Å². The van der Waals surface area contributed by atoms with Crippen LogP contribution in [0.5, 0.6) is 11.5 Å². The van der Waals surface area contributed by atoms with E-state index in [1.54, 1.807) is 43.4 Å². The zero-order chi connectivity index (χ0) is 25.9. The number of carbonyl (C=O) groups is 1. The van der Waals surface area contributed by atoms with Gasteiger partial charge in [0.05, 0.1) is 25.6 Å². The van der Waals surface area contributed by atoms with Crippen molar-refractivity contribution in [2.75, 3.05) is 45.7 Å². The minimum absolute atomic E-state index is 0.186. The van der Waals surface area contributed by atoms with Gasteiger partial charge >= 0.3 is 6.03 Å². The van der Waals surface area contributed by atoms with Gasteiger partial charge in [0.25, 0.3) is 5.56 Å². The van der Waals surface area contributed by atoms with Gasteiger partial charge in [0.15, 0.2) is 0 Å². The summed E-state index contributed by atoms with van der Waals surface area (Å²) in [4.78, 5) is 34.8. The first kappa shape index (κ1) is 24.7. The Kier molecular flexibility index (Phi) is 7.06. The number of nitrogens with zero attached hydrogens (tertiary/aromatic N) is 5. The minimum Gasteiger partial charge on any atom is -0.497 e. The van der Waals surface area contributed by atoms with E-state index < -0.39 is 0 Å². The molecule has 0 bridgehead atoms. The number of methoxy groups -OCH3 is 2. The number of piperazine rings is 1. The highest BCUT2D eigenvalue weighted by Crippen LogP contribution is 2.29. The third kappa shape index (κ3) is 5.27. The molecule has 2 amide bonds. The number of ether oxygens (including phenoxy) is 2. The second-order valence-corrected chi connectivity index (χ2v) is 9.72. The van der Waals surface area contributed by atoms with Crippen LogP contribution in [0.3, 0.4) is 0 Å². The Morgan fingerprint density at radius 2 is 1.84 bits per heavy atom. The number of anilines is 1. The Labute approximate surface area is 218 Å². The lowest BCUT2D eigenvalue weighted by Crippen LogP contribution is -2.49. The Bertz CT molecular complexity index is 1490. The molecule has 1 aliphatic rings. The number of rotatable bonds is 6. The summed E-state index contributed by atoms with van der Waals surface area (Å²) >= 11 is 1.41. The van der Waals surface area contributed by atoms with Crippen LogP contribution in [0.2, 0.25) is 0 Å². The molecule has 0 atom stereocenters. The normalized spacial score (nSPS) is 14.1. The molecule has 0 aliphatic carbocycles. The highest BCUT2D eigenvalue weighted by atomic mass is 32.1. The lowest BCUT2D eigenvalue weighted by atomic mass is 10.1. The van der Waals surface area contributed by atoms with Crippen molar-refractivity contribution in [3.05, 3.63) is 70.1 Å². The van der Waals surface area contributed by atoms with Crippen molar-refractivity contribution in [3.63, 3.8) is 0 Å². The van der Waals surface area contributed by atoms with E-state index in [2.05, 4.69) is 15.3 Å². The van der Waals surface area contributed by atoms with E-state index in [-0.39, 0.29) is 11.6 Å². The quantitative estimate of drug-likeness (QED) is 0.415. The second kappa shape index (κ2) is 10.6. The molecule has 0 spiro atoms. The standard InChI is InChI=1S/C26H28N6O4S/c1-17-6-4-5-7-20(17)24-29-32-23(33)14-18(27-26(32)37-24)16-30-10-12-31(13-11-30)25(34)28-21-9-8-19(35-2)15-22(21)36-3/h4-9,14-15H,10-13,16H2,1-3H3,(H,28,34). The van der Waals surface area contributed by atoms with Crippen molar-refractivity contribution in [2.45, 2.75) is 13.5 Å². The molecule has 1 N–H and O–H groups in total. The van der Waals surface area contributed by atoms with Crippen LogP contribution in [0.25, 0.3) is 15.5 Å². The van der Waals surface area contributed by atoms with Gasteiger partial charge in [0.1, 0.15) is 16.5 Å². The highest BCUT2D eigenvalue weighted by Gasteiger charge is 2.23. The Hall–Kier alpha value is -3.96. The number of amides is 2. The molecule has 11 heteroatoms. The van der Waals surface area contributed by atoms with E-state index in [1.165, 1.54) is 15.9 Å². The average Bonchev–Trinajstić information content (AvgIpc) is 3.34. The van der Waals surface area contributed by atoms with Crippen LogP contribution in [0.1, 0.15) is 11.3 Å². The summed E-state index contributed by atoms with van der Waals surface area (Å²) in [5.41, 5.74) is 3.19. The molecule has 3 heterocycles. The summed E-state index contributed by atoms with van der Waals surface area (Å²) in [6.45, 7) is 5.02. The number of hydrogen-bond donors (Lipinski definition) is 1. The largest absolute Gasteiger partial charge is 0.497 e. The SMILES string of the molecule is COc1ccc(NC(=O)N2CCN(Cc3cc(=O)n4nc(-c5ccccc5C)sc4n3)CC2)c(OC)c1. The predicted molar refractivity (Wildman–Crippen MR) is 143 cm³/mol. The molecule has 37 heavy (non-hydrogen) atoms. The van der Waals surface area contributed by atoms with Crippen molar-refractivity contribution < 1.29 is 14.3 Å². The number of aryl methyl sites for hydroxylation is 1. The van der Waals surface area contributed by atoms with Crippen molar-refractivity contribution in [2.24, 2.45) is 0 Å². The topological polar surface area (TPSA) is 101 Å². The van der Waals surface area contributed by atoms with Crippen molar-refractivity contribution >= 4 is 28.0 Å². The summed E-state index contributed by atoms with van der Waals surface area (Å²) in [6.07, 6.45) is 0. The summed E-state index contributed by atoms with van der Waals surface area (Å²) in [6, 6.07) is 14.6. The molecule has 0 unspecified atom stereocenters. The maximum atomic E-state index is 12.8. The fraction of sp³-hybridized carbons (Fsp3) is 0.308. The lowest BCUT2D eigenvalue weighted by molar-refractivity contribution is 0.142. The lowest BCUT2D eigenvalue weighted by Gasteiger charge is -2.34. The first-order valence-electron chi connectivity index (χ1n) is 11.9. The van der Waals surface area contributed by atoms with Crippen molar-refractivity contribution in [1.82, 2.24) is 24.4 Å². The summed E-state index contributed by atoms with van der Waals surface area (Å²) in [5, 5.41) is 8.19. The van der Waals surface area contributed by atoms with E-state index in [4.69, 9.17) is 14.5 Å². The van der Waals surface area contributed by atoms with Crippen LogP contribution in [0, 0.1) is 6.92 Å². The first-order chi connectivity index (χ1) is 17.9. The molecule has 1 fully saturated rings. The van der Waals surface area contributed by atoms with Crippen LogP contribution < -0.4 is 20.3 Å². The molecule has 4 aromatic rings. The molecular weight excluding hydrogens is 492 g/mol. The van der Waals surface area contributed by atoms with Crippen LogP contribution >= 0.6 is 11.3 Å². The first-order valence-corrected chi connectivity index (χ1v) is 12.7. The van der Waals surface area contributed by atoms with Gasteiger partial charge in [-0.15, -0.1) is 0 Å². The van der Waals surface area contributed by atoms with Crippen molar-refractivity contribution in [3.8, 4) is 22.1 Å². The second-order valence-electron chi connectivity index (χ2n) is 8.76. The van der Waals surface area contributed by atoms with Gasteiger partial charge in [-0.25, -0.2) is 9.78 Å². The molecule has 10 nitrogen and oxygen atoms in total. The predicted octanol–water partition coefficient (Wildman–Crippen LogP) is 3.49. The number of nitrogens with one attached hydrogen (secondary N) is 1. The van der Waals surface area contributed by atoms with Gasteiger partial charge in [-0.1, -0.05) is 35.6 Å². The fourth-order valence-electron chi connectivity index (χ4n) is 4.29. The number of urea groups is 1. The number of aromatic nitrogens is 3. The summed E-state index contributed by atoms with van der Waals surface area (Å²) < 4.78 is 12.0. The zero-order valence-electron chi connectivity index (χ0n) is 20.9. The smallest absolute Gasteiger partial charge is 0.322 e. The molecule has 0 radical (unpaired) electrons. The van der Waals surface area contributed by atoms with Crippen molar-refractivity contribution in [1.29, 1.82) is 0 Å². The molecule has 2 aromatic heterocycles. The van der Waals surface area contributed by atoms with Gasteiger partial charge in [-0.05, 0) is 24.6 Å². The van der Waals surface area contributed by atoms with E-state index in [9.17, 15) is 9.59 Å². The number of hydrogen-bond acceptors (Lipinski definition) is 8. The van der Waals surface area contributed by atoms with Crippen LogP contribution in [-0.2, 0) is 6.54 Å². The third-order valence-electron chi connectivity index (χ3n) is 6.37. The molecular formula is C26H28N6O4S. The third-order valence-corrected chi connectivity index (χ3v) is 7.31. The maximum absolute atomic E-state index is 12.8. The molecule has 1 saturated heterocycles. The van der Waals surface area contributed by atoms with Gasteiger partial charge in [0.2, 0.25) is 4.96 Å². The van der Waals surface area contributed by atoms with Crippen LogP contribution in [0.15, 0.2) is 53.3 Å². The fourth-order valence-corrected chi connectivity index (χ4v) is 5.31. The van der Waals surface area contributed by atoms with Gasteiger partial charge in [-0.2, -0.15) is 9.61 Å². The number of fused-ring (bicyclic) bond motifs is 1. The minimum atomic E-state index is -0.192. The highest BCUT2D eigenvalue weighted by molar-refractivity contribution is 7.19. The molecule has 1 aliphatic heterocycles. The summed E-state index contributed by atoms with van der Waals surface area (Å²) in [5.74, 6) is 1.19. The number of carbonyl (C=O) groups excluding carboxylic acids is 1. The Morgan fingerprint density at radius 3 is 2.57 bits per heavy atom. The molecule has 192 valence electrons. The Morgan fingerprint density at radius 1 is 1.05 bits per heavy atom. The van der Waals surface area contributed by atoms with Crippen LogP contribution in [0.4, 0.5) is 10.5 Å². The monoisotopic (exact) mass is 520 g/mol. The number of benzene rings is 2. The van der Waals surface area contributed by atoms with E-state index in [1.807, 2.05) is 31.2 Å². The van der Waals surface area contributed by atoms with Crippen LogP contribution in [-0.4, -0.2) is 70.8 Å². The Balaban J connectivity index is 1.22. The maximum Gasteiger partial charge on any atom is 0.322 e. The van der Waals surface area contributed by atoms with Gasteiger partial charge in [0, 0.05) is 50.4 Å².